The lowest BCUT2D eigenvalue weighted by Crippen LogP contribution is -3.16. The van der Waals surface area contributed by atoms with Crippen LogP contribution >= 0.6 is 11.6 Å². The number of hydrogen-bond acceptors (Lipinski definition) is 2. The zero-order valence-electron chi connectivity index (χ0n) is 11.2. The summed E-state index contributed by atoms with van der Waals surface area (Å²) < 4.78 is 0. The number of quaternary nitrogens is 1. The van der Waals surface area contributed by atoms with E-state index in [1.807, 2.05) is 24.3 Å². The first-order chi connectivity index (χ1) is 9.63. The van der Waals surface area contributed by atoms with Gasteiger partial charge in [-0.2, -0.15) is 0 Å². The van der Waals surface area contributed by atoms with E-state index in [9.17, 15) is 9.59 Å². The molecule has 1 atom stereocenters. The van der Waals surface area contributed by atoms with Gasteiger partial charge in [0.15, 0.2) is 13.1 Å². The van der Waals surface area contributed by atoms with E-state index in [2.05, 4.69) is 10.6 Å². The highest BCUT2D eigenvalue weighted by Crippen LogP contribution is 2.10. The van der Waals surface area contributed by atoms with Crippen LogP contribution in [-0.4, -0.2) is 44.5 Å². The van der Waals surface area contributed by atoms with Crippen LogP contribution in [0.25, 0.3) is 0 Å². The first kappa shape index (κ1) is 14.8. The van der Waals surface area contributed by atoms with E-state index < -0.39 is 0 Å². The molecule has 1 saturated heterocycles. The number of carbonyl (C=O) groups is 2. The van der Waals surface area contributed by atoms with E-state index >= 15 is 0 Å². The first-order valence-corrected chi connectivity index (χ1v) is 7.12. The van der Waals surface area contributed by atoms with Crippen molar-refractivity contribution in [2.45, 2.75) is 6.42 Å². The monoisotopic (exact) mass is 296 g/mol. The molecule has 3 N–H and O–H groups in total. The average Bonchev–Trinajstić information content (AvgIpc) is 2.38. The summed E-state index contributed by atoms with van der Waals surface area (Å²) in [4.78, 5) is 24.0. The van der Waals surface area contributed by atoms with Gasteiger partial charge in [-0.3, -0.25) is 9.59 Å². The highest BCUT2D eigenvalue weighted by Gasteiger charge is 2.21. The van der Waals surface area contributed by atoms with E-state index in [0.717, 1.165) is 23.4 Å². The Hall–Kier alpha value is -1.59. The molecule has 1 unspecified atom stereocenters. The van der Waals surface area contributed by atoms with Gasteiger partial charge in [0.1, 0.15) is 0 Å². The molecule has 1 heterocycles. The maximum absolute atomic E-state index is 11.8. The van der Waals surface area contributed by atoms with Gasteiger partial charge in [-0.15, -0.1) is 0 Å². The van der Waals surface area contributed by atoms with Gasteiger partial charge in [-0.05, 0) is 24.1 Å². The van der Waals surface area contributed by atoms with Crippen molar-refractivity contribution in [3.8, 4) is 0 Å². The lowest BCUT2D eigenvalue weighted by molar-refractivity contribution is -0.885. The van der Waals surface area contributed by atoms with E-state index in [4.69, 9.17) is 11.6 Å². The van der Waals surface area contributed by atoms with Crippen LogP contribution in [0.2, 0.25) is 5.02 Å². The third-order valence-electron chi connectivity index (χ3n) is 3.25. The molecule has 108 valence electrons. The second kappa shape index (κ2) is 7.26. The minimum atomic E-state index is -0.0169. The van der Waals surface area contributed by atoms with Crippen molar-refractivity contribution in [3.05, 3.63) is 34.9 Å². The maximum atomic E-state index is 11.8. The number of amides is 2. The van der Waals surface area contributed by atoms with Crippen molar-refractivity contribution in [2.75, 3.05) is 32.7 Å². The van der Waals surface area contributed by atoms with Crippen molar-refractivity contribution < 1.29 is 14.5 Å². The molecule has 0 bridgehead atoms. The summed E-state index contributed by atoms with van der Waals surface area (Å²) in [6.07, 6.45) is 0.752. The molecule has 2 amide bonds. The van der Waals surface area contributed by atoms with Crippen LogP contribution in [0.4, 0.5) is 0 Å². The SMILES string of the molecule is O=C(C[NH+]1CCNC(=O)C1)NCCc1cccc(Cl)c1. The molecule has 20 heavy (non-hydrogen) atoms. The Morgan fingerprint density at radius 3 is 3.05 bits per heavy atom. The van der Waals surface area contributed by atoms with E-state index in [1.165, 1.54) is 0 Å². The number of piperazine rings is 1. The van der Waals surface area contributed by atoms with Gasteiger partial charge in [0.25, 0.3) is 11.8 Å². The molecule has 0 aliphatic carbocycles. The van der Waals surface area contributed by atoms with Crippen LogP contribution < -0.4 is 15.5 Å². The standard InChI is InChI=1S/C14H18ClN3O2/c15-12-3-1-2-11(8-12)4-5-16-13(19)9-18-7-6-17-14(20)10-18/h1-3,8H,4-7,9-10H2,(H,16,19)(H,17,20)/p+1. The second-order valence-corrected chi connectivity index (χ2v) is 5.37. The van der Waals surface area contributed by atoms with Gasteiger partial charge in [0.05, 0.1) is 13.1 Å². The molecule has 1 aromatic rings. The first-order valence-electron chi connectivity index (χ1n) is 6.75. The van der Waals surface area contributed by atoms with Gasteiger partial charge >= 0.3 is 0 Å². The number of halogens is 1. The zero-order chi connectivity index (χ0) is 14.4. The largest absolute Gasteiger partial charge is 0.351 e. The molecule has 5 nitrogen and oxygen atoms in total. The predicted molar refractivity (Wildman–Crippen MR) is 76.7 cm³/mol. The Morgan fingerprint density at radius 2 is 2.30 bits per heavy atom. The third-order valence-corrected chi connectivity index (χ3v) is 3.48. The van der Waals surface area contributed by atoms with E-state index in [1.54, 1.807) is 0 Å². The molecule has 0 spiro atoms. The minimum Gasteiger partial charge on any atom is -0.351 e. The topological polar surface area (TPSA) is 62.6 Å². The smallest absolute Gasteiger partial charge is 0.275 e. The quantitative estimate of drug-likeness (QED) is 0.654. The van der Waals surface area contributed by atoms with Crippen LogP contribution in [0.15, 0.2) is 24.3 Å². The van der Waals surface area contributed by atoms with Gasteiger partial charge in [0.2, 0.25) is 0 Å². The molecule has 0 aromatic heterocycles. The molecular formula is C14H19ClN3O2+. The molecule has 2 rings (SSSR count). The fourth-order valence-electron chi connectivity index (χ4n) is 2.24. The summed E-state index contributed by atoms with van der Waals surface area (Å²) in [6.45, 7) is 2.75. The number of benzene rings is 1. The predicted octanol–water partition coefficient (Wildman–Crippen LogP) is -0.987. The Morgan fingerprint density at radius 1 is 1.45 bits per heavy atom. The van der Waals surface area contributed by atoms with E-state index in [-0.39, 0.29) is 11.8 Å². The number of carbonyl (C=O) groups excluding carboxylic acids is 2. The Kier molecular flexibility index (Phi) is 5.38. The van der Waals surface area contributed by atoms with Gasteiger partial charge < -0.3 is 15.5 Å². The van der Waals surface area contributed by atoms with E-state index in [0.29, 0.717) is 31.2 Å². The highest BCUT2D eigenvalue weighted by atomic mass is 35.5. The summed E-state index contributed by atoms with van der Waals surface area (Å²) in [5.41, 5.74) is 1.10. The van der Waals surface area contributed by atoms with Crippen molar-refractivity contribution in [1.82, 2.24) is 10.6 Å². The van der Waals surface area contributed by atoms with Crippen LogP contribution in [-0.2, 0) is 16.0 Å². The van der Waals surface area contributed by atoms with Crippen molar-refractivity contribution in [2.24, 2.45) is 0 Å². The fourth-order valence-corrected chi connectivity index (χ4v) is 2.45. The molecule has 0 radical (unpaired) electrons. The summed E-state index contributed by atoms with van der Waals surface area (Å²) in [7, 11) is 0. The summed E-state index contributed by atoms with van der Waals surface area (Å²) >= 11 is 5.90. The van der Waals surface area contributed by atoms with Gasteiger partial charge in [-0.25, -0.2) is 0 Å². The molecule has 1 aliphatic heterocycles. The fraction of sp³-hybridized carbons (Fsp3) is 0.429. The van der Waals surface area contributed by atoms with Crippen LogP contribution in [0.5, 0.6) is 0 Å². The lowest BCUT2D eigenvalue weighted by Gasteiger charge is -2.22. The summed E-state index contributed by atoms with van der Waals surface area (Å²) in [6, 6.07) is 7.61. The molecule has 0 saturated carbocycles. The van der Waals surface area contributed by atoms with Gasteiger partial charge in [0, 0.05) is 11.6 Å². The van der Waals surface area contributed by atoms with Crippen molar-refractivity contribution >= 4 is 23.4 Å². The molecular weight excluding hydrogens is 278 g/mol. The zero-order valence-corrected chi connectivity index (χ0v) is 12.0. The summed E-state index contributed by atoms with van der Waals surface area (Å²) in [5, 5.41) is 6.34. The second-order valence-electron chi connectivity index (χ2n) is 4.93. The minimum absolute atomic E-state index is 0.0120. The Balaban J connectivity index is 1.68. The normalized spacial score (nSPS) is 18.4. The van der Waals surface area contributed by atoms with Crippen LogP contribution in [0.1, 0.15) is 5.56 Å². The average molecular weight is 297 g/mol. The molecule has 6 heteroatoms. The molecule has 1 aliphatic rings. The number of rotatable bonds is 5. The number of nitrogens with one attached hydrogen (secondary N) is 3. The van der Waals surface area contributed by atoms with Crippen LogP contribution in [0.3, 0.4) is 0 Å². The third kappa shape index (κ3) is 4.83. The van der Waals surface area contributed by atoms with Crippen LogP contribution in [0, 0.1) is 0 Å². The number of hydrogen-bond donors (Lipinski definition) is 3. The highest BCUT2D eigenvalue weighted by molar-refractivity contribution is 6.30. The Labute approximate surface area is 123 Å². The van der Waals surface area contributed by atoms with Crippen molar-refractivity contribution in [3.63, 3.8) is 0 Å². The lowest BCUT2D eigenvalue weighted by atomic mass is 10.1. The van der Waals surface area contributed by atoms with Gasteiger partial charge in [-0.1, -0.05) is 23.7 Å². The molecule has 1 fully saturated rings. The summed E-state index contributed by atoms with van der Waals surface area (Å²) in [5.74, 6) is -0.00490. The van der Waals surface area contributed by atoms with Crippen molar-refractivity contribution in [1.29, 1.82) is 0 Å². The maximum Gasteiger partial charge on any atom is 0.275 e. The molecule has 1 aromatic carbocycles. The Bertz CT molecular complexity index is 493.